The maximum Gasteiger partial charge on any atom is 0.272 e. The molecule has 1 atom stereocenters. The number of amides is 3. The van der Waals surface area contributed by atoms with Gasteiger partial charge in [-0.15, -0.1) is 23.1 Å². The summed E-state index contributed by atoms with van der Waals surface area (Å²) in [7, 11) is 4.49. The van der Waals surface area contributed by atoms with Gasteiger partial charge in [-0.2, -0.15) is 0 Å². The van der Waals surface area contributed by atoms with E-state index in [1.807, 2.05) is 48.7 Å². The molecule has 12 heteroatoms. The number of hydrogen-bond acceptors (Lipinski definition) is 9. The lowest BCUT2D eigenvalue weighted by atomic mass is 10.1. The first kappa shape index (κ1) is 35.7. The van der Waals surface area contributed by atoms with Crippen molar-refractivity contribution in [1.29, 1.82) is 0 Å². The fourth-order valence-corrected chi connectivity index (χ4v) is 6.62. The molecule has 0 bridgehead atoms. The van der Waals surface area contributed by atoms with Gasteiger partial charge in [0, 0.05) is 27.1 Å². The first-order valence-corrected chi connectivity index (χ1v) is 17.4. The molecule has 3 amide bonds. The van der Waals surface area contributed by atoms with Crippen LogP contribution in [0, 0.1) is 0 Å². The third kappa shape index (κ3) is 9.10. The highest BCUT2D eigenvalue weighted by atomic mass is 32.2. The number of anilines is 2. The summed E-state index contributed by atoms with van der Waals surface area (Å²) in [6, 6.07) is 28.9. The molecule has 5 aromatic rings. The Bertz CT molecular complexity index is 1960. The summed E-state index contributed by atoms with van der Waals surface area (Å²) in [5.74, 6) is -0.0240. The Morgan fingerprint density at radius 3 is 2.16 bits per heavy atom. The number of benzene rings is 4. The van der Waals surface area contributed by atoms with Crippen LogP contribution in [0.4, 0.5) is 10.8 Å². The van der Waals surface area contributed by atoms with Gasteiger partial charge in [0.15, 0.2) is 16.6 Å². The van der Waals surface area contributed by atoms with Gasteiger partial charge in [-0.25, -0.2) is 4.98 Å². The predicted molar refractivity (Wildman–Crippen MR) is 199 cm³/mol. The Morgan fingerprint density at radius 1 is 0.840 bits per heavy atom. The van der Waals surface area contributed by atoms with Gasteiger partial charge in [-0.3, -0.25) is 14.4 Å². The maximum atomic E-state index is 13.8. The predicted octanol–water partition coefficient (Wildman–Crippen LogP) is 7.75. The molecule has 0 saturated heterocycles. The molecule has 5 rings (SSSR count). The average molecular weight is 709 g/mol. The van der Waals surface area contributed by atoms with Crippen molar-refractivity contribution in [1.82, 2.24) is 10.3 Å². The fraction of sp³-hybridized carbons (Fsp3) is 0.158. The zero-order chi connectivity index (χ0) is 35.5. The molecule has 1 aromatic heterocycles. The van der Waals surface area contributed by atoms with E-state index in [-0.39, 0.29) is 11.6 Å². The Balaban J connectivity index is 1.34. The van der Waals surface area contributed by atoms with Crippen molar-refractivity contribution in [2.75, 3.05) is 32.0 Å². The molecule has 256 valence electrons. The van der Waals surface area contributed by atoms with Crippen molar-refractivity contribution in [2.24, 2.45) is 0 Å². The minimum atomic E-state index is -0.562. The molecular weight excluding hydrogens is 673 g/mol. The lowest BCUT2D eigenvalue weighted by Gasteiger charge is -2.16. The van der Waals surface area contributed by atoms with E-state index in [1.165, 1.54) is 50.5 Å². The van der Waals surface area contributed by atoms with Gasteiger partial charge in [0.1, 0.15) is 5.70 Å². The summed E-state index contributed by atoms with van der Waals surface area (Å²) in [5, 5.41) is 10.6. The van der Waals surface area contributed by atoms with Crippen molar-refractivity contribution in [3.63, 3.8) is 0 Å². The Hall–Kier alpha value is -5.59. The molecule has 50 heavy (non-hydrogen) atoms. The van der Waals surface area contributed by atoms with Crippen molar-refractivity contribution < 1.29 is 28.6 Å². The molecule has 10 nitrogen and oxygen atoms in total. The quantitative estimate of drug-likeness (QED) is 0.0790. The first-order valence-electron chi connectivity index (χ1n) is 15.6. The lowest BCUT2D eigenvalue weighted by Crippen LogP contribution is -2.30. The van der Waals surface area contributed by atoms with Crippen molar-refractivity contribution in [3.05, 3.63) is 119 Å². The van der Waals surface area contributed by atoms with Gasteiger partial charge in [0.25, 0.3) is 11.8 Å². The molecule has 0 fully saturated rings. The molecule has 1 heterocycles. The van der Waals surface area contributed by atoms with E-state index < -0.39 is 17.1 Å². The highest BCUT2D eigenvalue weighted by Crippen LogP contribution is 2.39. The normalized spacial score (nSPS) is 11.6. The number of carbonyl (C=O) groups excluding carboxylic acids is 3. The summed E-state index contributed by atoms with van der Waals surface area (Å²) in [4.78, 5) is 45.6. The smallest absolute Gasteiger partial charge is 0.272 e. The summed E-state index contributed by atoms with van der Waals surface area (Å²) >= 11 is 2.75. The fourth-order valence-electron chi connectivity index (χ4n) is 4.88. The molecule has 0 radical (unpaired) electrons. The number of hydrogen-bond donors (Lipinski definition) is 3. The summed E-state index contributed by atoms with van der Waals surface area (Å²) in [6.45, 7) is 1.94. The van der Waals surface area contributed by atoms with Crippen molar-refractivity contribution in [3.8, 4) is 28.5 Å². The number of methoxy groups -OCH3 is 3. The summed E-state index contributed by atoms with van der Waals surface area (Å²) in [5.41, 5.74) is 3.14. The maximum absolute atomic E-state index is 13.8. The second-order valence-electron chi connectivity index (χ2n) is 10.7. The van der Waals surface area contributed by atoms with Crippen molar-refractivity contribution in [2.45, 2.75) is 23.5 Å². The SMILES string of the molecule is CCC(Sc1cccc(NC(=O)/C(=C\c2cc(OC)c(OC)c(OC)c2)NC(=O)c2ccccc2)c1)C(=O)Nc1nc(-c2ccccc2)cs1. The van der Waals surface area contributed by atoms with Crippen LogP contribution in [0.5, 0.6) is 17.2 Å². The summed E-state index contributed by atoms with van der Waals surface area (Å²) < 4.78 is 16.4. The van der Waals surface area contributed by atoms with Gasteiger partial charge in [0.2, 0.25) is 11.7 Å². The second kappa shape index (κ2) is 17.2. The van der Waals surface area contributed by atoms with Crippen molar-refractivity contribution >= 4 is 57.7 Å². The molecule has 0 saturated carbocycles. The molecule has 3 N–H and O–H groups in total. The van der Waals surface area contributed by atoms with Crippen LogP contribution >= 0.6 is 23.1 Å². The van der Waals surface area contributed by atoms with E-state index >= 15 is 0 Å². The van der Waals surface area contributed by atoms with Gasteiger partial charge in [0.05, 0.1) is 32.3 Å². The number of thioether (sulfide) groups is 1. The number of carbonyl (C=O) groups is 3. The van der Waals surface area contributed by atoms with Crippen LogP contribution in [0.25, 0.3) is 17.3 Å². The Morgan fingerprint density at radius 2 is 1.52 bits per heavy atom. The molecule has 0 aliphatic heterocycles. The average Bonchev–Trinajstić information content (AvgIpc) is 3.62. The number of thiazole rings is 1. The van der Waals surface area contributed by atoms with Crippen LogP contribution in [0.15, 0.2) is 113 Å². The lowest BCUT2D eigenvalue weighted by molar-refractivity contribution is -0.116. The zero-order valence-electron chi connectivity index (χ0n) is 27.9. The van der Waals surface area contributed by atoms with Gasteiger partial charge in [-0.05, 0) is 60.5 Å². The molecule has 1 unspecified atom stereocenters. The first-order chi connectivity index (χ1) is 24.3. The standard InChI is InChI=1S/C38H36N4O6S2/c1-5-33(37(45)42-38-41-30(23-49-38)25-13-8-6-9-14-25)50-28-18-12-17-27(22-28)39-36(44)29(40-35(43)26-15-10-7-11-16-26)19-24-20-31(46-2)34(48-4)32(21-24)47-3/h6-23,33H,5H2,1-4H3,(H,39,44)(H,40,43)(H,41,42,45)/b29-19+. The zero-order valence-corrected chi connectivity index (χ0v) is 29.5. The van der Waals surface area contributed by atoms with E-state index in [0.29, 0.717) is 45.6 Å². The van der Waals surface area contributed by atoms with Crippen LogP contribution in [-0.2, 0) is 9.59 Å². The van der Waals surface area contributed by atoms with Crippen LogP contribution in [0.2, 0.25) is 0 Å². The van der Waals surface area contributed by atoms with Gasteiger partial charge < -0.3 is 30.2 Å². The highest BCUT2D eigenvalue weighted by Gasteiger charge is 2.21. The molecule has 0 spiro atoms. The third-order valence-electron chi connectivity index (χ3n) is 7.36. The van der Waals surface area contributed by atoms with E-state index in [2.05, 4.69) is 20.9 Å². The second-order valence-corrected chi connectivity index (χ2v) is 12.9. The van der Waals surface area contributed by atoms with E-state index in [0.717, 1.165) is 16.2 Å². The van der Waals surface area contributed by atoms with Gasteiger partial charge in [-0.1, -0.05) is 61.5 Å². The van der Waals surface area contributed by atoms with Crippen LogP contribution in [0.1, 0.15) is 29.3 Å². The number of nitrogens with zero attached hydrogens (tertiary/aromatic N) is 1. The highest BCUT2D eigenvalue weighted by molar-refractivity contribution is 8.00. The topological polar surface area (TPSA) is 128 Å². The van der Waals surface area contributed by atoms with E-state index in [9.17, 15) is 14.4 Å². The monoisotopic (exact) mass is 708 g/mol. The Labute approximate surface area is 298 Å². The van der Waals surface area contributed by atoms with Gasteiger partial charge >= 0.3 is 0 Å². The molecular formula is C38H36N4O6S2. The van der Waals surface area contributed by atoms with Crippen LogP contribution in [0.3, 0.4) is 0 Å². The number of aromatic nitrogens is 1. The largest absolute Gasteiger partial charge is 0.493 e. The molecule has 4 aromatic carbocycles. The Kier molecular flexibility index (Phi) is 12.3. The molecule has 0 aliphatic rings. The van der Waals surface area contributed by atoms with E-state index in [1.54, 1.807) is 60.7 Å². The number of nitrogens with one attached hydrogen (secondary N) is 3. The third-order valence-corrected chi connectivity index (χ3v) is 9.48. The number of ether oxygens (including phenoxy) is 3. The minimum absolute atomic E-state index is 0.0182. The minimum Gasteiger partial charge on any atom is -0.493 e. The van der Waals surface area contributed by atoms with Crippen LogP contribution < -0.4 is 30.2 Å². The van der Waals surface area contributed by atoms with E-state index in [4.69, 9.17) is 14.2 Å². The number of rotatable bonds is 14. The van der Waals surface area contributed by atoms with Crippen LogP contribution in [-0.4, -0.2) is 49.3 Å². The molecule has 0 aliphatic carbocycles. The summed E-state index contributed by atoms with van der Waals surface area (Å²) in [6.07, 6.45) is 2.09.